The Morgan fingerprint density at radius 1 is 1.05 bits per heavy atom. The third kappa shape index (κ3) is 2.33. The molecule has 0 aliphatic carbocycles. The van der Waals surface area contributed by atoms with Gasteiger partial charge < -0.3 is 14.7 Å². The predicted octanol–water partition coefficient (Wildman–Crippen LogP) is 2.25. The van der Waals surface area contributed by atoms with E-state index in [0.29, 0.717) is 39.8 Å². The quantitative estimate of drug-likeness (QED) is 0.695. The van der Waals surface area contributed by atoms with E-state index in [2.05, 4.69) is 0 Å². The molecule has 0 bridgehead atoms. The molecule has 0 atom stereocenters. The summed E-state index contributed by atoms with van der Waals surface area (Å²) in [5.74, 6) is 1.11. The Labute approximate surface area is 122 Å². The molecule has 21 heavy (non-hydrogen) atoms. The SMILES string of the molecule is COc1ccc(-c2c(C)n(O)c(C)c(C)[n+]2=O)cc1OC. The van der Waals surface area contributed by atoms with Gasteiger partial charge in [0.1, 0.15) is 11.4 Å². The van der Waals surface area contributed by atoms with Gasteiger partial charge in [-0.3, -0.25) is 0 Å². The highest BCUT2D eigenvalue weighted by Gasteiger charge is 2.25. The van der Waals surface area contributed by atoms with Crippen LogP contribution in [0.5, 0.6) is 11.5 Å². The Hall–Kier alpha value is -2.50. The first-order chi connectivity index (χ1) is 9.92. The van der Waals surface area contributed by atoms with Crippen LogP contribution in [0.4, 0.5) is 0 Å². The van der Waals surface area contributed by atoms with Crippen molar-refractivity contribution < 1.29 is 19.1 Å². The predicted molar refractivity (Wildman–Crippen MR) is 77.7 cm³/mol. The first kappa shape index (κ1) is 14.9. The average Bonchev–Trinajstić information content (AvgIpc) is 2.51. The van der Waals surface area contributed by atoms with Crippen molar-refractivity contribution in [2.75, 3.05) is 14.2 Å². The lowest BCUT2D eigenvalue weighted by molar-refractivity contribution is -0.493. The fourth-order valence-electron chi connectivity index (χ4n) is 2.28. The Morgan fingerprint density at radius 3 is 2.24 bits per heavy atom. The summed E-state index contributed by atoms with van der Waals surface area (Å²) < 4.78 is 12.3. The van der Waals surface area contributed by atoms with Crippen LogP contribution in [0.15, 0.2) is 18.2 Å². The Kier molecular flexibility index (Phi) is 3.88. The molecule has 0 aliphatic rings. The molecule has 6 nitrogen and oxygen atoms in total. The largest absolute Gasteiger partial charge is 0.493 e. The fourth-order valence-corrected chi connectivity index (χ4v) is 2.28. The molecule has 2 aromatic rings. The van der Waals surface area contributed by atoms with Gasteiger partial charge in [0.2, 0.25) is 0 Å². The van der Waals surface area contributed by atoms with Crippen LogP contribution in [0.2, 0.25) is 0 Å². The number of hydrogen-bond acceptors (Lipinski definition) is 4. The maximum Gasteiger partial charge on any atom is 0.292 e. The molecule has 1 N–H and O–H groups in total. The molecule has 112 valence electrons. The lowest BCUT2D eigenvalue weighted by Gasteiger charge is -2.10. The Morgan fingerprint density at radius 2 is 1.67 bits per heavy atom. The van der Waals surface area contributed by atoms with E-state index in [9.17, 15) is 10.1 Å². The van der Waals surface area contributed by atoms with Crippen molar-refractivity contribution in [3.63, 3.8) is 0 Å². The van der Waals surface area contributed by atoms with Gasteiger partial charge in [0.25, 0.3) is 11.4 Å². The minimum Gasteiger partial charge on any atom is -0.493 e. The molecule has 1 heterocycles. The number of benzene rings is 1. The van der Waals surface area contributed by atoms with Gasteiger partial charge >= 0.3 is 0 Å². The standard InChI is InChI=1S/C15H19N2O4/c1-9-10(2)17(19)15(11(3)16(9)18)12-6-7-13(20-4)14(8-12)21-5/h6-8,18H,1-5H3/q+1. The van der Waals surface area contributed by atoms with Gasteiger partial charge in [-0.05, 0) is 32.0 Å². The van der Waals surface area contributed by atoms with E-state index in [1.807, 2.05) is 0 Å². The first-order valence-electron chi connectivity index (χ1n) is 6.49. The number of ether oxygens (including phenoxy) is 2. The van der Waals surface area contributed by atoms with Crippen molar-refractivity contribution in [3.8, 4) is 22.8 Å². The summed E-state index contributed by atoms with van der Waals surface area (Å²) in [6, 6.07) is 5.20. The molecule has 0 radical (unpaired) electrons. The highest BCUT2D eigenvalue weighted by molar-refractivity contribution is 5.63. The molecule has 6 heteroatoms. The topological polar surface area (TPSA) is 66.6 Å². The minimum absolute atomic E-state index is 0.376. The third-order valence-electron chi connectivity index (χ3n) is 3.67. The molecule has 0 amide bonds. The second-order valence-electron chi connectivity index (χ2n) is 4.78. The van der Waals surface area contributed by atoms with Gasteiger partial charge in [0.15, 0.2) is 11.5 Å². The number of aromatic nitrogens is 2. The van der Waals surface area contributed by atoms with Crippen molar-refractivity contribution in [1.29, 1.82) is 0 Å². The fraction of sp³-hybridized carbons (Fsp3) is 0.333. The van der Waals surface area contributed by atoms with E-state index in [1.165, 1.54) is 7.11 Å². The number of methoxy groups -OCH3 is 2. The second kappa shape index (κ2) is 5.47. The zero-order chi connectivity index (χ0) is 15.7. The van der Waals surface area contributed by atoms with Crippen molar-refractivity contribution in [2.24, 2.45) is 0 Å². The minimum atomic E-state index is 0.376. The van der Waals surface area contributed by atoms with Crippen LogP contribution in [-0.4, -0.2) is 24.2 Å². The van der Waals surface area contributed by atoms with Gasteiger partial charge in [0.05, 0.1) is 24.2 Å². The monoisotopic (exact) mass is 291 g/mol. The average molecular weight is 291 g/mol. The van der Waals surface area contributed by atoms with Crippen LogP contribution < -0.4 is 13.9 Å². The van der Waals surface area contributed by atoms with Gasteiger partial charge in [-0.15, -0.1) is 0 Å². The molecule has 2 rings (SSSR count). The molecule has 0 unspecified atom stereocenters. The normalized spacial score (nSPS) is 10.5. The summed E-state index contributed by atoms with van der Waals surface area (Å²) in [7, 11) is 3.08. The molecule has 0 saturated heterocycles. The summed E-state index contributed by atoms with van der Waals surface area (Å²) in [5.41, 5.74) is 2.42. The van der Waals surface area contributed by atoms with Crippen LogP contribution in [0.25, 0.3) is 11.3 Å². The molecule has 0 fully saturated rings. The Balaban J connectivity index is 2.76. The molecular formula is C15H19N2O4+. The van der Waals surface area contributed by atoms with E-state index in [1.54, 1.807) is 46.1 Å². The van der Waals surface area contributed by atoms with Crippen LogP contribution >= 0.6 is 0 Å². The second-order valence-corrected chi connectivity index (χ2v) is 4.78. The maximum atomic E-state index is 12.4. The number of rotatable bonds is 3. The van der Waals surface area contributed by atoms with E-state index in [4.69, 9.17) is 9.47 Å². The molecule has 1 aromatic heterocycles. The lowest BCUT2D eigenvalue weighted by Crippen LogP contribution is -2.28. The molecule has 1 aromatic carbocycles. The number of hydrogen-bond donors (Lipinski definition) is 1. The summed E-state index contributed by atoms with van der Waals surface area (Å²) in [6.45, 7) is 5.04. The summed E-state index contributed by atoms with van der Waals surface area (Å²) >= 11 is 0. The van der Waals surface area contributed by atoms with Crippen molar-refractivity contribution in [3.05, 3.63) is 40.2 Å². The molecule has 0 saturated carbocycles. The zero-order valence-electron chi connectivity index (χ0n) is 12.8. The van der Waals surface area contributed by atoms with Crippen LogP contribution in [-0.2, 0) is 0 Å². The molecule has 0 aliphatic heterocycles. The van der Waals surface area contributed by atoms with Crippen molar-refractivity contribution >= 4 is 0 Å². The third-order valence-corrected chi connectivity index (χ3v) is 3.67. The van der Waals surface area contributed by atoms with Gasteiger partial charge in [0, 0.05) is 11.8 Å². The van der Waals surface area contributed by atoms with Gasteiger partial charge in [-0.25, -0.2) is 0 Å². The van der Waals surface area contributed by atoms with Crippen LogP contribution in [0.3, 0.4) is 0 Å². The smallest absolute Gasteiger partial charge is 0.292 e. The lowest BCUT2D eigenvalue weighted by atomic mass is 10.1. The van der Waals surface area contributed by atoms with Crippen LogP contribution in [0, 0.1) is 25.7 Å². The van der Waals surface area contributed by atoms with Gasteiger partial charge in [-0.1, -0.05) is 0 Å². The van der Waals surface area contributed by atoms with Crippen LogP contribution in [0.1, 0.15) is 17.1 Å². The molecular weight excluding hydrogens is 272 g/mol. The molecule has 0 spiro atoms. The Bertz CT molecular complexity index is 750. The summed E-state index contributed by atoms with van der Waals surface area (Å²) in [5, 5.41) is 10.1. The number of nitrogens with zero attached hydrogens (tertiary/aromatic N) is 2. The van der Waals surface area contributed by atoms with Crippen molar-refractivity contribution in [1.82, 2.24) is 4.73 Å². The van der Waals surface area contributed by atoms with Crippen molar-refractivity contribution in [2.45, 2.75) is 20.8 Å². The van der Waals surface area contributed by atoms with Gasteiger partial charge in [-0.2, -0.15) is 4.73 Å². The maximum absolute atomic E-state index is 12.4. The van der Waals surface area contributed by atoms with E-state index < -0.39 is 0 Å². The first-order valence-corrected chi connectivity index (χ1v) is 6.49. The highest BCUT2D eigenvalue weighted by atomic mass is 16.5. The summed E-state index contributed by atoms with van der Waals surface area (Å²) in [4.78, 5) is 12.4. The van der Waals surface area contributed by atoms with E-state index in [0.717, 1.165) is 9.16 Å². The summed E-state index contributed by atoms with van der Waals surface area (Å²) in [6.07, 6.45) is 0. The zero-order valence-corrected chi connectivity index (χ0v) is 12.8. The van der Waals surface area contributed by atoms with E-state index >= 15 is 0 Å². The van der Waals surface area contributed by atoms with E-state index in [-0.39, 0.29) is 0 Å². The highest BCUT2D eigenvalue weighted by Crippen LogP contribution is 2.32.